The molecule has 0 spiro atoms. The van der Waals surface area contributed by atoms with Gasteiger partial charge in [0, 0.05) is 12.2 Å². The van der Waals surface area contributed by atoms with Crippen molar-refractivity contribution in [1.29, 1.82) is 0 Å². The third-order valence-electron chi connectivity index (χ3n) is 3.93. The minimum Gasteiger partial charge on any atom is -0.478 e. The van der Waals surface area contributed by atoms with Gasteiger partial charge >= 0.3 is 12.1 Å². The number of benzene rings is 2. The molecule has 0 bridgehead atoms. The lowest BCUT2D eigenvalue weighted by molar-refractivity contribution is 0.0136. The maximum absolute atomic E-state index is 11.6. The van der Waals surface area contributed by atoms with E-state index in [4.69, 9.17) is 15.6 Å². The van der Waals surface area contributed by atoms with Crippen molar-refractivity contribution in [1.82, 2.24) is 5.32 Å². The zero-order chi connectivity index (χ0) is 19.8. The lowest BCUT2D eigenvalue weighted by atomic mass is 9.99. The summed E-state index contributed by atoms with van der Waals surface area (Å²) < 4.78 is 5.04. The molecule has 0 fully saturated rings. The number of anilines is 1. The second-order valence-corrected chi connectivity index (χ2v) is 5.94. The van der Waals surface area contributed by atoms with Crippen LogP contribution in [0.15, 0.2) is 48.5 Å². The van der Waals surface area contributed by atoms with Crippen LogP contribution in [0.2, 0.25) is 0 Å². The smallest absolute Gasteiger partial charge is 0.407 e. The van der Waals surface area contributed by atoms with Gasteiger partial charge in [-0.2, -0.15) is 0 Å². The molecule has 1 amide bonds. The highest BCUT2D eigenvalue weighted by atomic mass is 16.5. The number of aliphatic hydroxyl groups excluding tert-OH is 2. The van der Waals surface area contributed by atoms with E-state index in [-0.39, 0.29) is 36.4 Å². The maximum Gasteiger partial charge on any atom is 0.407 e. The summed E-state index contributed by atoms with van der Waals surface area (Å²) in [5.41, 5.74) is 6.69. The first kappa shape index (κ1) is 20.2. The summed E-state index contributed by atoms with van der Waals surface area (Å²) in [4.78, 5) is 22.6. The molecule has 0 aliphatic rings. The van der Waals surface area contributed by atoms with Crippen LogP contribution in [0.5, 0.6) is 0 Å². The van der Waals surface area contributed by atoms with Crippen LogP contribution in [-0.2, 0) is 11.3 Å². The van der Waals surface area contributed by atoms with E-state index < -0.39 is 24.3 Å². The average Bonchev–Trinajstić information content (AvgIpc) is 2.66. The SMILES string of the molecule is Nc1cc(C(O)C(O)CCNC(=O)OCc2ccccc2)ccc1C(=O)O. The van der Waals surface area contributed by atoms with Crippen molar-refractivity contribution >= 4 is 17.7 Å². The molecule has 0 aliphatic heterocycles. The van der Waals surface area contributed by atoms with Crippen molar-refractivity contribution in [2.24, 2.45) is 0 Å². The molecular weight excluding hydrogens is 352 g/mol. The van der Waals surface area contributed by atoms with Crippen LogP contribution in [0, 0.1) is 0 Å². The Balaban J connectivity index is 1.77. The summed E-state index contributed by atoms with van der Waals surface area (Å²) >= 11 is 0. The molecule has 27 heavy (non-hydrogen) atoms. The van der Waals surface area contributed by atoms with Crippen LogP contribution in [-0.4, -0.2) is 40.0 Å². The number of ether oxygens (including phenoxy) is 1. The number of aromatic carboxylic acids is 1. The Morgan fingerprint density at radius 1 is 1.11 bits per heavy atom. The fourth-order valence-corrected chi connectivity index (χ4v) is 2.44. The van der Waals surface area contributed by atoms with Gasteiger partial charge in [-0.3, -0.25) is 0 Å². The number of rotatable bonds is 8. The summed E-state index contributed by atoms with van der Waals surface area (Å²) in [6.07, 6.45) is -3.00. The molecule has 0 heterocycles. The highest BCUT2D eigenvalue weighted by molar-refractivity contribution is 5.93. The molecule has 6 N–H and O–H groups in total. The first-order valence-corrected chi connectivity index (χ1v) is 8.32. The summed E-state index contributed by atoms with van der Waals surface area (Å²) in [5, 5.41) is 31.7. The van der Waals surface area contributed by atoms with Gasteiger partial charge in [0.1, 0.15) is 12.7 Å². The Labute approximate surface area is 156 Å². The third kappa shape index (κ3) is 5.98. The molecule has 0 aromatic heterocycles. The Morgan fingerprint density at radius 3 is 2.44 bits per heavy atom. The van der Waals surface area contributed by atoms with Gasteiger partial charge in [-0.25, -0.2) is 9.59 Å². The lowest BCUT2D eigenvalue weighted by Crippen LogP contribution is -2.29. The van der Waals surface area contributed by atoms with E-state index in [2.05, 4.69) is 5.32 Å². The number of amides is 1. The van der Waals surface area contributed by atoms with Crippen molar-refractivity contribution in [3.8, 4) is 0 Å². The lowest BCUT2D eigenvalue weighted by Gasteiger charge is -2.19. The number of carboxylic acid groups (broad SMARTS) is 1. The van der Waals surface area contributed by atoms with Gasteiger partial charge in [0.15, 0.2) is 0 Å². The molecule has 0 radical (unpaired) electrons. The molecule has 2 aromatic rings. The summed E-state index contributed by atoms with van der Waals surface area (Å²) in [6.45, 7) is 0.224. The van der Waals surface area contributed by atoms with E-state index in [0.717, 1.165) is 5.56 Å². The first-order chi connectivity index (χ1) is 12.9. The Hall–Kier alpha value is -3.10. The molecule has 2 atom stereocenters. The van der Waals surface area contributed by atoms with Crippen molar-refractivity contribution < 1.29 is 29.6 Å². The number of carbonyl (C=O) groups is 2. The number of aliphatic hydroxyl groups is 2. The molecule has 2 unspecified atom stereocenters. The predicted octanol–water partition coefficient (Wildman–Crippen LogP) is 1.68. The summed E-state index contributed by atoms with van der Waals surface area (Å²) in [6, 6.07) is 13.1. The number of nitrogen functional groups attached to an aromatic ring is 1. The van der Waals surface area contributed by atoms with E-state index in [9.17, 15) is 19.8 Å². The zero-order valence-electron chi connectivity index (χ0n) is 14.5. The van der Waals surface area contributed by atoms with E-state index in [0.29, 0.717) is 0 Å². The Kier molecular flexibility index (Phi) is 7.16. The van der Waals surface area contributed by atoms with E-state index in [1.807, 2.05) is 30.3 Å². The second-order valence-electron chi connectivity index (χ2n) is 5.94. The normalized spacial score (nSPS) is 12.8. The van der Waals surface area contributed by atoms with Gasteiger partial charge in [-0.15, -0.1) is 0 Å². The molecule has 8 heteroatoms. The number of alkyl carbamates (subject to hydrolysis) is 1. The zero-order valence-corrected chi connectivity index (χ0v) is 14.5. The minimum absolute atomic E-state index is 0.00568. The van der Waals surface area contributed by atoms with Crippen LogP contribution >= 0.6 is 0 Å². The Morgan fingerprint density at radius 2 is 1.81 bits per heavy atom. The second kappa shape index (κ2) is 9.56. The quantitative estimate of drug-likeness (QED) is 0.442. The van der Waals surface area contributed by atoms with Crippen LogP contribution in [0.3, 0.4) is 0 Å². The van der Waals surface area contributed by atoms with E-state index in [1.165, 1.54) is 18.2 Å². The van der Waals surface area contributed by atoms with Gasteiger partial charge in [0.25, 0.3) is 0 Å². The van der Waals surface area contributed by atoms with Crippen LogP contribution < -0.4 is 11.1 Å². The molecule has 8 nitrogen and oxygen atoms in total. The molecule has 0 aliphatic carbocycles. The highest BCUT2D eigenvalue weighted by Crippen LogP contribution is 2.23. The number of carboxylic acids is 1. The number of nitrogens with two attached hydrogens (primary N) is 1. The number of hydrogen-bond acceptors (Lipinski definition) is 6. The Bertz CT molecular complexity index is 781. The van der Waals surface area contributed by atoms with Crippen molar-refractivity contribution in [2.45, 2.75) is 25.2 Å². The topological polar surface area (TPSA) is 142 Å². The monoisotopic (exact) mass is 374 g/mol. The largest absolute Gasteiger partial charge is 0.478 e. The van der Waals surface area contributed by atoms with Crippen molar-refractivity contribution in [3.05, 3.63) is 65.2 Å². The van der Waals surface area contributed by atoms with E-state index >= 15 is 0 Å². The van der Waals surface area contributed by atoms with E-state index in [1.54, 1.807) is 0 Å². The highest BCUT2D eigenvalue weighted by Gasteiger charge is 2.20. The van der Waals surface area contributed by atoms with Crippen LogP contribution in [0.4, 0.5) is 10.5 Å². The summed E-state index contributed by atoms with van der Waals surface area (Å²) in [5.74, 6) is -1.17. The molecule has 0 saturated heterocycles. The molecule has 2 rings (SSSR count). The van der Waals surface area contributed by atoms with Gasteiger partial charge in [-0.05, 0) is 29.7 Å². The number of carbonyl (C=O) groups excluding carboxylic acids is 1. The minimum atomic E-state index is -1.27. The molecule has 2 aromatic carbocycles. The van der Waals surface area contributed by atoms with Crippen LogP contribution in [0.1, 0.15) is 34.0 Å². The fourth-order valence-electron chi connectivity index (χ4n) is 2.44. The number of nitrogens with one attached hydrogen (secondary N) is 1. The van der Waals surface area contributed by atoms with Gasteiger partial charge in [0.2, 0.25) is 0 Å². The average molecular weight is 374 g/mol. The van der Waals surface area contributed by atoms with Gasteiger partial charge in [-0.1, -0.05) is 36.4 Å². The van der Waals surface area contributed by atoms with Crippen LogP contribution in [0.25, 0.3) is 0 Å². The summed E-state index contributed by atoms with van der Waals surface area (Å²) in [7, 11) is 0. The first-order valence-electron chi connectivity index (χ1n) is 8.32. The van der Waals surface area contributed by atoms with Gasteiger partial charge < -0.3 is 31.1 Å². The maximum atomic E-state index is 11.6. The number of hydrogen-bond donors (Lipinski definition) is 5. The van der Waals surface area contributed by atoms with Gasteiger partial charge in [0.05, 0.1) is 11.7 Å². The molecule has 0 saturated carbocycles. The standard InChI is InChI=1S/C19H22N2O6/c20-15-10-13(6-7-14(15)18(24)25)17(23)16(22)8-9-21-19(26)27-11-12-4-2-1-3-5-12/h1-7,10,16-17,22-23H,8-9,11,20H2,(H,21,26)(H,24,25). The van der Waals surface area contributed by atoms with Crippen molar-refractivity contribution in [3.63, 3.8) is 0 Å². The van der Waals surface area contributed by atoms with Crippen molar-refractivity contribution in [2.75, 3.05) is 12.3 Å². The third-order valence-corrected chi connectivity index (χ3v) is 3.93. The predicted molar refractivity (Wildman–Crippen MR) is 98.0 cm³/mol. The fraction of sp³-hybridized carbons (Fsp3) is 0.263. The molecular formula is C19H22N2O6. The molecule has 144 valence electrons.